The summed E-state index contributed by atoms with van der Waals surface area (Å²) in [4.78, 5) is 10.4. The van der Waals surface area contributed by atoms with E-state index in [1.54, 1.807) is 6.07 Å². The van der Waals surface area contributed by atoms with E-state index in [9.17, 15) is 4.79 Å². The molecular weight excluding hydrogens is 144 g/mol. The number of carbonyl (C=O) groups excluding carboxylic acids is 1. The predicted octanol–water partition coefficient (Wildman–Crippen LogP) is 0.897. The Hall–Kier alpha value is -1.32. The van der Waals surface area contributed by atoms with Crippen LogP contribution in [0.25, 0.3) is 0 Å². The van der Waals surface area contributed by atoms with E-state index in [4.69, 9.17) is 4.74 Å². The molecule has 0 saturated carbocycles. The van der Waals surface area contributed by atoms with Gasteiger partial charge >= 0.3 is 5.97 Å². The van der Waals surface area contributed by atoms with E-state index >= 15 is 0 Å². The van der Waals surface area contributed by atoms with Gasteiger partial charge in [0, 0.05) is 18.7 Å². The smallest absolute Gasteiger partial charge is 0.309 e. The van der Waals surface area contributed by atoms with Gasteiger partial charge in [-0.2, -0.15) is 0 Å². The molecule has 11 heavy (non-hydrogen) atoms. The van der Waals surface area contributed by atoms with Crippen LogP contribution in [-0.2, 0) is 11.2 Å². The number of H-pyrrole nitrogens is 1. The number of nitrogens with one attached hydrogen (secondary N) is 1. The second kappa shape index (κ2) is 3.18. The van der Waals surface area contributed by atoms with Gasteiger partial charge in [0.05, 0.1) is 0 Å². The average Bonchev–Trinajstić information content (AvgIpc) is 2.34. The SMILES string of the molecule is CCc1cc(OC(C)=O)n[nH]1. The normalized spacial score (nSPS) is 9.64. The van der Waals surface area contributed by atoms with Crippen molar-refractivity contribution in [3.63, 3.8) is 0 Å². The molecule has 60 valence electrons. The highest BCUT2D eigenvalue weighted by Gasteiger charge is 2.01. The summed E-state index contributed by atoms with van der Waals surface area (Å²) in [6, 6.07) is 1.71. The molecule has 1 aromatic rings. The molecule has 0 aliphatic carbocycles. The summed E-state index contributed by atoms with van der Waals surface area (Å²) >= 11 is 0. The predicted molar refractivity (Wildman–Crippen MR) is 39.3 cm³/mol. The fourth-order valence-corrected chi connectivity index (χ4v) is 0.721. The molecule has 1 aromatic heterocycles. The van der Waals surface area contributed by atoms with Crippen LogP contribution in [0.5, 0.6) is 5.88 Å². The maximum atomic E-state index is 10.4. The number of aromatic amines is 1. The van der Waals surface area contributed by atoms with E-state index in [-0.39, 0.29) is 5.97 Å². The second-order valence-electron chi connectivity index (χ2n) is 2.18. The molecule has 0 unspecified atom stereocenters. The summed E-state index contributed by atoms with van der Waals surface area (Å²) in [5.74, 6) is -0.00602. The first-order valence-electron chi connectivity index (χ1n) is 3.45. The van der Waals surface area contributed by atoms with Gasteiger partial charge in [-0.1, -0.05) is 6.92 Å². The minimum Gasteiger partial charge on any atom is -0.406 e. The first-order valence-corrected chi connectivity index (χ1v) is 3.45. The lowest BCUT2D eigenvalue weighted by Crippen LogP contribution is -2.01. The minimum absolute atomic E-state index is 0.342. The number of aryl methyl sites for hydroxylation is 1. The number of carbonyl (C=O) groups is 1. The zero-order chi connectivity index (χ0) is 8.27. The summed E-state index contributed by atoms with van der Waals surface area (Å²) < 4.78 is 4.72. The maximum absolute atomic E-state index is 10.4. The Kier molecular flexibility index (Phi) is 2.25. The Morgan fingerprint density at radius 2 is 2.55 bits per heavy atom. The first-order chi connectivity index (χ1) is 5.22. The number of ether oxygens (including phenoxy) is 1. The van der Waals surface area contributed by atoms with Crippen LogP contribution in [0.2, 0.25) is 0 Å². The fraction of sp³-hybridized carbons (Fsp3) is 0.429. The number of hydrogen-bond acceptors (Lipinski definition) is 3. The minimum atomic E-state index is -0.348. The lowest BCUT2D eigenvalue weighted by atomic mass is 10.3. The Morgan fingerprint density at radius 3 is 3.00 bits per heavy atom. The first kappa shape index (κ1) is 7.78. The van der Waals surface area contributed by atoms with Crippen molar-refractivity contribution in [2.24, 2.45) is 0 Å². The lowest BCUT2D eigenvalue weighted by molar-refractivity contribution is -0.132. The van der Waals surface area contributed by atoms with Crippen molar-refractivity contribution in [1.82, 2.24) is 10.2 Å². The monoisotopic (exact) mass is 154 g/mol. The van der Waals surface area contributed by atoms with Crippen molar-refractivity contribution in [2.75, 3.05) is 0 Å². The highest BCUT2D eigenvalue weighted by atomic mass is 16.5. The third kappa shape index (κ3) is 2.07. The molecule has 0 aliphatic rings. The van der Waals surface area contributed by atoms with Crippen LogP contribution in [0.3, 0.4) is 0 Å². The topological polar surface area (TPSA) is 55.0 Å². The summed E-state index contributed by atoms with van der Waals surface area (Å²) in [7, 11) is 0. The van der Waals surface area contributed by atoms with Gasteiger partial charge in [0.25, 0.3) is 0 Å². The number of hydrogen-bond donors (Lipinski definition) is 1. The molecule has 0 amide bonds. The molecule has 1 heterocycles. The number of aromatic nitrogens is 2. The maximum Gasteiger partial charge on any atom is 0.309 e. The van der Waals surface area contributed by atoms with E-state index < -0.39 is 0 Å². The van der Waals surface area contributed by atoms with Gasteiger partial charge in [0.1, 0.15) is 0 Å². The van der Waals surface area contributed by atoms with Gasteiger partial charge < -0.3 is 4.74 Å². The van der Waals surface area contributed by atoms with Gasteiger partial charge in [-0.3, -0.25) is 9.89 Å². The van der Waals surface area contributed by atoms with E-state index in [0.29, 0.717) is 5.88 Å². The molecule has 4 heteroatoms. The fourth-order valence-electron chi connectivity index (χ4n) is 0.721. The Balaban J connectivity index is 2.65. The van der Waals surface area contributed by atoms with Crippen LogP contribution in [0, 0.1) is 0 Å². The Labute approximate surface area is 64.6 Å². The average molecular weight is 154 g/mol. The molecule has 0 bridgehead atoms. The van der Waals surface area contributed by atoms with Crippen LogP contribution >= 0.6 is 0 Å². The lowest BCUT2D eigenvalue weighted by Gasteiger charge is -1.90. The van der Waals surface area contributed by atoms with Gasteiger partial charge in [-0.25, -0.2) is 0 Å². The molecule has 4 nitrogen and oxygen atoms in total. The largest absolute Gasteiger partial charge is 0.406 e. The quantitative estimate of drug-likeness (QED) is 0.644. The van der Waals surface area contributed by atoms with Crippen molar-refractivity contribution in [2.45, 2.75) is 20.3 Å². The van der Waals surface area contributed by atoms with Crippen LogP contribution in [-0.4, -0.2) is 16.2 Å². The van der Waals surface area contributed by atoms with Gasteiger partial charge in [-0.05, 0) is 6.42 Å². The van der Waals surface area contributed by atoms with Crippen molar-refractivity contribution in [3.8, 4) is 5.88 Å². The molecule has 0 spiro atoms. The van der Waals surface area contributed by atoms with E-state index in [0.717, 1.165) is 12.1 Å². The van der Waals surface area contributed by atoms with Crippen LogP contribution < -0.4 is 4.74 Å². The molecule has 1 rings (SSSR count). The van der Waals surface area contributed by atoms with Gasteiger partial charge in [-0.15, -0.1) is 5.10 Å². The van der Waals surface area contributed by atoms with E-state index in [1.165, 1.54) is 6.92 Å². The molecular formula is C7H10N2O2. The van der Waals surface area contributed by atoms with E-state index in [2.05, 4.69) is 10.2 Å². The third-order valence-electron chi connectivity index (χ3n) is 1.24. The van der Waals surface area contributed by atoms with Crippen LogP contribution in [0.4, 0.5) is 0 Å². The van der Waals surface area contributed by atoms with Gasteiger partial charge in [0.15, 0.2) is 0 Å². The van der Waals surface area contributed by atoms with Crippen LogP contribution in [0.1, 0.15) is 19.5 Å². The molecule has 1 N–H and O–H groups in total. The Morgan fingerprint density at radius 1 is 1.82 bits per heavy atom. The summed E-state index contributed by atoms with van der Waals surface area (Å²) in [6.07, 6.45) is 0.855. The van der Waals surface area contributed by atoms with E-state index in [1.807, 2.05) is 6.92 Å². The zero-order valence-electron chi connectivity index (χ0n) is 6.55. The summed E-state index contributed by atoms with van der Waals surface area (Å²) in [5, 5.41) is 6.49. The Bertz CT molecular complexity index is 255. The van der Waals surface area contributed by atoms with Crippen molar-refractivity contribution >= 4 is 5.97 Å². The second-order valence-corrected chi connectivity index (χ2v) is 2.18. The van der Waals surface area contributed by atoms with Crippen molar-refractivity contribution < 1.29 is 9.53 Å². The molecule has 0 aromatic carbocycles. The van der Waals surface area contributed by atoms with Gasteiger partial charge in [0.2, 0.25) is 5.88 Å². The molecule has 0 atom stereocenters. The van der Waals surface area contributed by atoms with Crippen LogP contribution in [0.15, 0.2) is 6.07 Å². The number of esters is 1. The summed E-state index contributed by atoms with van der Waals surface area (Å²) in [6.45, 7) is 3.34. The van der Waals surface area contributed by atoms with Crippen molar-refractivity contribution in [1.29, 1.82) is 0 Å². The highest BCUT2D eigenvalue weighted by molar-refractivity contribution is 5.68. The summed E-state index contributed by atoms with van der Waals surface area (Å²) in [5.41, 5.74) is 0.959. The molecule has 0 aliphatic heterocycles. The number of rotatable bonds is 2. The molecule has 0 saturated heterocycles. The van der Waals surface area contributed by atoms with Crippen molar-refractivity contribution in [3.05, 3.63) is 11.8 Å². The standard InChI is InChI=1S/C7H10N2O2/c1-3-6-4-7(9-8-6)11-5(2)10/h4H,3H2,1-2H3,(H,8,9). The highest BCUT2D eigenvalue weighted by Crippen LogP contribution is 2.07. The third-order valence-corrected chi connectivity index (χ3v) is 1.24. The molecule has 0 radical (unpaired) electrons. The number of nitrogens with zero attached hydrogens (tertiary/aromatic N) is 1. The zero-order valence-corrected chi connectivity index (χ0v) is 6.55. The molecule has 0 fully saturated rings.